The molecule has 5 aromatic rings. The molecule has 0 unspecified atom stereocenters. The van der Waals surface area contributed by atoms with Crippen molar-refractivity contribution in [2.24, 2.45) is 5.41 Å². The number of benzene rings is 3. The number of para-hydroxylation sites is 1. The van der Waals surface area contributed by atoms with E-state index in [1.807, 2.05) is 24.3 Å². The first-order valence-corrected chi connectivity index (χ1v) is 19.8. The molecule has 4 aliphatic rings. The maximum Gasteiger partial charge on any atom is 0.261 e. The number of rotatable bonds is 7. The Kier molecular flexibility index (Phi) is 9.27. The monoisotopic (exact) mass is 778 g/mol. The molecule has 2 saturated heterocycles. The Morgan fingerprint density at radius 3 is 2.51 bits per heavy atom. The van der Waals surface area contributed by atoms with Crippen molar-refractivity contribution < 1.29 is 27.9 Å². The first kappa shape index (κ1) is 35.7. The van der Waals surface area contributed by atoms with Crippen molar-refractivity contribution in [3.05, 3.63) is 128 Å². The van der Waals surface area contributed by atoms with Gasteiger partial charge in [0.25, 0.3) is 11.8 Å². The number of nitrogens with one attached hydrogen (secondary N) is 1. The van der Waals surface area contributed by atoms with Crippen molar-refractivity contribution in [3.8, 4) is 10.4 Å². The molecule has 1 aliphatic carbocycles. The molecule has 3 aliphatic heterocycles. The molecule has 55 heavy (non-hydrogen) atoms. The van der Waals surface area contributed by atoms with Gasteiger partial charge >= 0.3 is 0 Å². The third-order valence-corrected chi connectivity index (χ3v) is 13.0. The zero-order valence-corrected chi connectivity index (χ0v) is 31.5. The number of pyridine rings is 1. The number of nitrogens with zero attached hydrogens (tertiary/aromatic N) is 3. The Hall–Kier alpha value is -4.97. The zero-order chi connectivity index (χ0) is 37.8. The Balaban J connectivity index is 0.936. The number of Topliss-reactive ketones (excluding diaryl/α,β-unsaturated/α-hetero) is 1. The Morgan fingerprint density at radius 1 is 0.891 bits per heavy atom. The standard InChI is InChI=1S/C43H37ClF2N4O4S/c44-32-7-4-8-33(45)30(32)22-37(51)38-20-26-13-16-50(36-10-2-1-6-29(36)39(26)55-38)42(53)28-12-11-27(21-34(28)46)47-41(52)31-19-25-5-3-9-35(25)48-40(31)49-23-43(24-49)14-17-54-18-15-43/h1-2,4,6-8,10-12,19-21H,3,5,9,13-18,22-24H2,(H,47,52). The molecule has 280 valence electrons. The van der Waals surface area contributed by atoms with E-state index in [4.69, 9.17) is 21.3 Å². The predicted octanol–water partition coefficient (Wildman–Crippen LogP) is 8.73. The van der Waals surface area contributed by atoms with Gasteiger partial charge in [-0.3, -0.25) is 14.4 Å². The molecule has 1 N–H and O–H groups in total. The lowest BCUT2D eigenvalue weighted by atomic mass is 9.73. The number of anilines is 3. The van der Waals surface area contributed by atoms with Gasteiger partial charge < -0.3 is 19.9 Å². The third kappa shape index (κ3) is 6.62. The molecule has 0 radical (unpaired) electrons. The first-order chi connectivity index (χ1) is 26.7. The van der Waals surface area contributed by atoms with Crippen LogP contribution in [0, 0.1) is 17.0 Å². The maximum atomic E-state index is 15.9. The van der Waals surface area contributed by atoms with Crippen molar-refractivity contribution in [3.63, 3.8) is 0 Å². The van der Waals surface area contributed by atoms with E-state index in [0.29, 0.717) is 28.4 Å². The van der Waals surface area contributed by atoms with Gasteiger partial charge in [-0.25, -0.2) is 13.8 Å². The number of aryl methyl sites for hydroxylation is 2. The molecular weight excluding hydrogens is 742 g/mol. The van der Waals surface area contributed by atoms with Crippen LogP contribution in [0.25, 0.3) is 10.4 Å². The highest BCUT2D eigenvalue weighted by Gasteiger charge is 2.45. The lowest BCUT2D eigenvalue weighted by molar-refractivity contribution is -0.000521. The number of halogens is 3. The van der Waals surface area contributed by atoms with Crippen LogP contribution in [-0.4, -0.2) is 55.4 Å². The Morgan fingerprint density at radius 2 is 1.71 bits per heavy atom. The number of hydrogen-bond acceptors (Lipinski definition) is 7. The summed E-state index contributed by atoms with van der Waals surface area (Å²) in [4.78, 5) is 51.2. The highest BCUT2D eigenvalue weighted by Crippen LogP contribution is 2.44. The second-order valence-electron chi connectivity index (χ2n) is 14.9. The van der Waals surface area contributed by atoms with Crippen molar-refractivity contribution >= 4 is 57.7 Å². The van der Waals surface area contributed by atoms with Gasteiger partial charge in [-0.1, -0.05) is 35.9 Å². The average Bonchev–Trinajstić information content (AvgIpc) is 3.79. The smallest absolute Gasteiger partial charge is 0.261 e. The van der Waals surface area contributed by atoms with Crippen LogP contribution in [0.5, 0.6) is 0 Å². The molecule has 2 aromatic heterocycles. The van der Waals surface area contributed by atoms with E-state index < -0.39 is 17.5 Å². The summed E-state index contributed by atoms with van der Waals surface area (Å²) in [6, 6.07) is 19.6. The third-order valence-electron chi connectivity index (χ3n) is 11.4. The maximum absolute atomic E-state index is 15.9. The van der Waals surface area contributed by atoms with Crippen molar-refractivity contribution in [1.29, 1.82) is 0 Å². The number of ketones is 1. The highest BCUT2D eigenvalue weighted by molar-refractivity contribution is 7.17. The van der Waals surface area contributed by atoms with Crippen LogP contribution in [0.2, 0.25) is 5.02 Å². The van der Waals surface area contributed by atoms with E-state index in [2.05, 4.69) is 10.2 Å². The van der Waals surface area contributed by atoms with E-state index in [9.17, 15) is 18.8 Å². The normalized spacial score (nSPS) is 16.9. The molecular formula is C43H37ClF2N4O4S. The molecule has 2 amide bonds. The van der Waals surface area contributed by atoms with Gasteiger partial charge in [0.1, 0.15) is 17.5 Å². The largest absolute Gasteiger partial charge is 0.381 e. The van der Waals surface area contributed by atoms with Crippen LogP contribution in [0.4, 0.5) is 26.0 Å². The minimum Gasteiger partial charge on any atom is -0.381 e. The summed E-state index contributed by atoms with van der Waals surface area (Å²) >= 11 is 7.49. The lowest BCUT2D eigenvalue weighted by Gasteiger charge is -2.53. The second kappa shape index (κ2) is 14.3. The lowest BCUT2D eigenvalue weighted by Crippen LogP contribution is -2.59. The van der Waals surface area contributed by atoms with Crippen molar-refractivity contribution in [2.45, 2.75) is 44.9 Å². The molecule has 9 rings (SSSR count). The number of aromatic nitrogens is 1. The van der Waals surface area contributed by atoms with Crippen LogP contribution < -0.4 is 15.1 Å². The number of ether oxygens (including phenoxy) is 1. The molecule has 3 aromatic carbocycles. The number of hydrogen-bond donors (Lipinski definition) is 1. The second-order valence-corrected chi connectivity index (χ2v) is 16.4. The summed E-state index contributed by atoms with van der Waals surface area (Å²) in [5, 5.41) is 3.07. The summed E-state index contributed by atoms with van der Waals surface area (Å²) in [5.74, 6) is -1.76. The summed E-state index contributed by atoms with van der Waals surface area (Å²) in [6.07, 6.45) is 4.99. The van der Waals surface area contributed by atoms with Crippen molar-refractivity contribution in [2.75, 3.05) is 48.0 Å². The summed E-state index contributed by atoms with van der Waals surface area (Å²) in [6.45, 7) is 3.39. The van der Waals surface area contributed by atoms with Gasteiger partial charge in [-0.05, 0) is 98.2 Å². The molecule has 1 spiro atoms. The SMILES string of the molecule is O=C(Cc1c(F)cccc1Cl)c1cc2c(s1)-c1ccccc1N(C(=O)c1ccc(NC(=O)c3cc4c(nc3N3CC5(CCOCC5)C3)CCC4)cc1F)CC2. The van der Waals surface area contributed by atoms with Crippen LogP contribution in [0.15, 0.2) is 72.8 Å². The van der Waals surface area contributed by atoms with E-state index in [1.54, 1.807) is 29.2 Å². The quantitative estimate of drug-likeness (QED) is 0.166. The topological polar surface area (TPSA) is 91.8 Å². The van der Waals surface area contributed by atoms with Crippen LogP contribution in [0.3, 0.4) is 0 Å². The van der Waals surface area contributed by atoms with Gasteiger partial charge in [0.2, 0.25) is 0 Å². The number of amides is 2. The predicted molar refractivity (Wildman–Crippen MR) is 210 cm³/mol. The van der Waals surface area contributed by atoms with Gasteiger partial charge in [0.05, 0.1) is 21.7 Å². The van der Waals surface area contributed by atoms with Crippen LogP contribution in [-0.2, 0) is 30.4 Å². The summed E-state index contributed by atoms with van der Waals surface area (Å²) < 4.78 is 36.0. The highest BCUT2D eigenvalue weighted by atomic mass is 35.5. The first-order valence-electron chi connectivity index (χ1n) is 18.6. The molecule has 12 heteroatoms. The number of fused-ring (bicyclic) bond motifs is 4. The Bertz CT molecular complexity index is 2360. The number of carbonyl (C=O) groups excluding carboxylic acids is 3. The molecule has 5 heterocycles. The number of carbonyl (C=O) groups is 3. The molecule has 0 bridgehead atoms. The molecule has 2 fully saturated rings. The molecule has 0 saturated carbocycles. The molecule has 8 nitrogen and oxygen atoms in total. The van der Waals surface area contributed by atoms with E-state index in [0.717, 1.165) is 85.7 Å². The fourth-order valence-corrected chi connectivity index (χ4v) is 9.82. The van der Waals surface area contributed by atoms with E-state index in [-0.39, 0.29) is 51.9 Å². The van der Waals surface area contributed by atoms with E-state index >= 15 is 4.39 Å². The Labute approximate surface area is 326 Å². The van der Waals surface area contributed by atoms with Gasteiger partial charge in [-0.2, -0.15) is 0 Å². The van der Waals surface area contributed by atoms with Crippen LogP contribution >= 0.6 is 22.9 Å². The number of thiophene rings is 1. The van der Waals surface area contributed by atoms with Gasteiger partial charge in [0, 0.05) is 77.1 Å². The average molecular weight is 779 g/mol. The van der Waals surface area contributed by atoms with Crippen LogP contribution in [0.1, 0.15) is 72.0 Å². The van der Waals surface area contributed by atoms with E-state index in [1.165, 1.54) is 35.6 Å². The summed E-state index contributed by atoms with van der Waals surface area (Å²) in [5.41, 5.74) is 5.24. The molecule has 0 atom stereocenters. The van der Waals surface area contributed by atoms with Gasteiger partial charge in [-0.15, -0.1) is 11.3 Å². The zero-order valence-electron chi connectivity index (χ0n) is 29.9. The summed E-state index contributed by atoms with van der Waals surface area (Å²) in [7, 11) is 0. The van der Waals surface area contributed by atoms with Gasteiger partial charge in [0.15, 0.2) is 5.78 Å². The fourth-order valence-electron chi connectivity index (χ4n) is 8.41. The minimum absolute atomic E-state index is 0.127. The van der Waals surface area contributed by atoms with Crippen molar-refractivity contribution in [1.82, 2.24) is 4.98 Å². The minimum atomic E-state index is -0.754. The fraction of sp³-hybridized carbons (Fsp3) is 0.302.